The average Bonchev–Trinajstić information content (AvgIpc) is 3.19. The van der Waals surface area contributed by atoms with Crippen molar-refractivity contribution in [2.24, 2.45) is 10.4 Å². The van der Waals surface area contributed by atoms with E-state index in [0.717, 1.165) is 51.5 Å². The maximum absolute atomic E-state index is 11.4. The number of hydrogen-bond acceptors (Lipinski definition) is 5. The lowest BCUT2D eigenvalue weighted by Crippen LogP contribution is -2.65. The highest BCUT2D eigenvalue weighted by Crippen LogP contribution is 2.54. The average molecular weight is 557 g/mol. The predicted octanol–water partition coefficient (Wildman–Crippen LogP) is 2.41. The van der Waals surface area contributed by atoms with Crippen molar-refractivity contribution in [3.05, 3.63) is 0 Å². The molecule has 2 saturated carbocycles. The van der Waals surface area contributed by atoms with E-state index in [1.807, 2.05) is 0 Å². The summed E-state index contributed by atoms with van der Waals surface area (Å²) in [7, 11) is -2.89. The summed E-state index contributed by atoms with van der Waals surface area (Å²) in [6.07, 6.45) is 9.95. The van der Waals surface area contributed by atoms with Crippen LogP contribution in [0.25, 0.3) is 0 Å². The Morgan fingerprint density at radius 3 is 2.40 bits per heavy atom. The minimum atomic E-state index is -2.89. The molecule has 1 heterocycles. The molecule has 3 fully saturated rings. The first-order valence-corrected chi connectivity index (χ1v) is 13.5. The Morgan fingerprint density at radius 2 is 1.83 bits per heavy atom. The Balaban J connectivity index is 0.00000320. The van der Waals surface area contributed by atoms with Crippen LogP contribution < -0.4 is 10.6 Å². The highest BCUT2D eigenvalue weighted by molar-refractivity contribution is 14.0. The van der Waals surface area contributed by atoms with Gasteiger partial charge in [0.15, 0.2) is 5.96 Å². The van der Waals surface area contributed by atoms with E-state index in [1.54, 1.807) is 0 Å². The van der Waals surface area contributed by atoms with Crippen molar-refractivity contribution in [2.75, 3.05) is 44.8 Å². The number of likely N-dealkylation sites (tertiary alicyclic amines) is 1. The number of rotatable bonds is 8. The maximum atomic E-state index is 11.4. The third-order valence-corrected chi connectivity index (χ3v) is 7.95. The third kappa shape index (κ3) is 6.68. The van der Waals surface area contributed by atoms with Gasteiger partial charge in [-0.15, -0.1) is 24.0 Å². The first-order chi connectivity index (χ1) is 13.9. The molecule has 0 radical (unpaired) electrons. The van der Waals surface area contributed by atoms with Crippen LogP contribution in [-0.2, 0) is 14.6 Å². The molecule has 0 aromatic rings. The summed E-state index contributed by atoms with van der Waals surface area (Å²) in [6, 6.07) is 0.846. The number of nitrogens with one attached hydrogen (secondary N) is 2. The first-order valence-electron chi connectivity index (χ1n) is 11.5. The Hall–Kier alpha value is -0.130. The molecule has 1 saturated heterocycles. The van der Waals surface area contributed by atoms with Crippen molar-refractivity contribution in [1.82, 2.24) is 15.5 Å². The molecule has 2 unspecified atom stereocenters. The van der Waals surface area contributed by atoms with Crippen LogP contribution >= 0.6 is 24.0 Å². The number of guanidine groups is 1. The van der Waals surface area contributed by atoms with Crippen LogP contribution in [0.5, 0.6) is 0 Å². The van der Waals surface area contributed by atoms with E-state index in [1.165, 1.54) is 31.9 Å². The van der Waals surface area contributed by atoms with Gasteiger partial charge in [-0.1, -0.05) is 12.8 Å². The summed E-state index contributed by atoms with van der Waals surface area (Å²) in [5.74, 6) is 1.19. The van der Waals surface area contributed by atoms with Crippen molar-refractivity contribution in [2.45, 2.75) is 77.0 Å². The van der Waals surface area contributed by atoms with E-state index in [4.69, 9.17) is 9.73 Å². The van der Waals surface area contributed by atoms with Crippen LogP contribution in [0.2, 0.25) is 0 Å². The van der Waals surface area contributed by atoms with Gasteiger partial charge in [0.2, 0.25) is 0 Å². The highest BCUT2D eigenvalue weighted by Gasteiger charge is 2.57. The van der Waals surface area contributed by atoms with Gasteiger partial charge in [-0.2, -0.15) is 0 Å². The standard InChI is InChI=1S/C21H40N4O3S.HI/c1-4-22-20(23-17-8-12-25(13-9-17)14-15-29(3,26)27)24-18-16-19(28-5-2)21(18)10-6-7-11-21;/h17-19H,4-16H2,1-3H3,(H2,22,23,24);1H. The van der Waals surface area contributed by atoms with Gasteiger partial charge in [0.1, 0.15) is 9.84 Å². The molecular weight excluding hydrogens is 515 g/mol. The fourth-order valence-corrected chi connectivity index (χ4v) is 5.92. The lowest BCUT2D eigenvalue weighted by molar-refractivity contribution is -0.125. The molecule has 1 spiro atoms. The summed E-state index contributed by atoms with van der Waals surface area (Å²) in [5, 5.41) is 7.40. The number of ether oxygens (including phenoxy) is 1. The number of aliphatic imine (C=N–C) groups is 1. The smallest absolute Gasteiger partial charge is 0.191 e. The van der Waals surface area contributed by atoms with Gasteiger partial charge < -0.3 is 20.3 Å². The molecule has 3 rings (SSSR count). The van der Waals surface area contributed by atoms with Gasteiger partial charge in [0.25, 0.3) is 0 Å². The monoisotopic (exact) mass is 556 g/mol. The second kappa shape index (κ2) is 11.7. The molecule has 0 bridgehead atoms. The molecule has 3 aliphatic rings. The van der Waals surface area contributed by atoms with Gasteiger partial charge in [0, 0.05) is 56.5 Å². The lowest BCUT2D eigenvalue weighted by Gasteiger charge is -2.54. The summed E-state index contributed by atoms with van der Waals surface area (Å²) in [6.45, 7) is 8.24. The molecular formula is C21H41IN4O3S. The van der Waals surface area contributed by atoms with Crippen molar-refractivity contribution < 1.29 is 13.2 Å². The fraction of sp³-hybridized carbons (Fsp3) is 0.952. The molecule has 2 N–H and O–H groups in total. The largest absolute Gasteiger partial charge is 0.378 e. The number of hydrogen-bond donors (Lipinski definition) is 2. The second-order valence-electron chi connectivity index (χ2n) is 9.03. The zero-order valence-corrected chi connectivity index (χ0v) is 22.0. The maximum Gasteiger partial charge on any atom is 0.191 e. The van der Waals surface area contributed by atoms with Gasteiger partial charge >= 0.3 is 0 Å². The molecule has 0 amide bonds. The van der Waals surface area contributed by atoms with Crippen LogP contribution in [0.1, 0.15) is 58.8 Å². The molecule has 2 atom stereocenters. The molecule has 176 valence electrons. The van der Waals surface area contributed by atoms with Crippen LogP contribution in [0.3, 0.4) is 0 Å². The van der Waals surface area contributed by atoms with E-state index in [-0.39, 0.29) is 29.7 Å². The minimum absolute atomic E-state index is 0. The zero-order chi connectivity index (χ0) is 20.9. The Labute approximate surface area is 200 Å². The summed E-state index contributed by atoms with van der Waals surface area (Å²) in [5.41, 5.74) is 0.293. The molecule has 2 aliphatic carbocycles. The molecule has 9 heteroatoms. The van der Waals surface area contributed by atoms with Crippen molar-refractivity contribution in [3.8, 4) is 0 Å². The molecule has 7 nitrogen and oxygen atoms in total. The van der Waals surface area contributed by atoms with E-state index >= 15 is 0 Å². The topological polar surface area (TPSA) is 83.0 Å². The van der Waals surface area contributed by atoms with Gasteiger partial charge in [0.05, 0.1) is 11.9 Å². The van der Waals surface area contributed by atoms with Crippen LogP contribution in [0.15, 0.2) is 4.99 Å². The van der Waals surface area contributed by atoms with Gasteiger partial charge in [-0.3, -0.25) is 4.99 Å². The Morgan fingerprint density at radius 1 is 1.17 bits per heavy atom. The van der Waals surface area contributed by atoms with E-state index in [9.17, 15) is 8.42 Å². The van der Waals surface area contributed by atoms with Crippen LogP contribution in [0, 0.1) is 5.41 Å². The highest BCUT2D eigenvalue weighted by atomic mass is 127. The number of nitrogens with zero attached hydrogens (tertiary/aromatic N) is 2. The lowest BCUT2D eigenvalue weighted by atomic mass is 9.60. The number of piperidine rings is 1. The SMILES string of the molecule is CCN=C(NC1CCN(CCS(C)(=O)=O)CC1)NC1CC(OCC)C12CCCC2.I. The van der Waals surface area contributed by atoms with Crippen molar-refractivity contribution in [3.63, 3.8) is 0 Å². The molecule has 0 aromatic heterocycles. The quantitative estimate of drug-likeness (QED) is 0.272. The normalized spacial score (nSPS) is 27.5. The van der Waals surface area contributed by atoms with Crippen molar-refractivity contribution >= 4 is 39.8 Å². The summed E-state index contributed by atoms with van der Waals surface area (Å²) < 4.78 is 28.8. The zero-order valence-electron chi connectivity index (χ0n) is 18.9. The second-order valence-corrected chi connectivity index (χ2v) is 11.3. The van der Waals surface area contributed by atoms with Crippen LogP contribution in [0.4, 0.5) is 0 Å². The Kier molecular flexibility index (Phi) is 10.1. The predicted molar refractivity (Wildman–Crippen MR) is 134 cm³/mol. The number of sulfone groups is 1. The summed E-state index contributed by atoms with van der Waals surface area (Å²) in [4.78, 5) is 6.97. The van der Waals surface area contributed by atoms with E-state index in [2.05, 4.69) is 29.4 Å². The first kappa shape index (κ1) is 26.1. The fourth-order valence-electron chi connectivity index (χ4n) is 5.33. The minimum Gasteiger partial charge on any atom is -0.378 e. The third-order valence-electron chi connectivity index (χ3n) is 7.02. The van der Waals surface area contributed by atoms with Gasteiger partial charge in [-0.25, -0.2) is 8.42 Å². The molecule has 1 aliphatic heterocycles. The van der Waals surface area contributed by atoms with Gasteiger partial charge in [-0.05, 0) is 46.0 Å². The molecule has 0 aromatic carbocycles. The summed E-state index contributed by atoms with van der Waals surface area (Å²) >= 11 is 0. The van der Waals surface area contributed by atoms with Crippen molar-refractivity contribution in [1.29, 1.82) is 0 Å². The van der Waals surface area contributed by atoms with E-state index < -0.39 is 9.84 Å². The number of halogens is 1. The molecule has 30 heavy (non-hydrogen) atoms. The van der Waals surface area contributed by atoms with E-state index in [0.29, 0.717) is 30.1 Å². The van der Waals surface area contributed by atoms with Crippen LogP contribution in [-0.4, -0.2) is 82.3 Å². The Bertz CT molecular complexity index is 659.